The van der Waals surface area contributed by atoms with Crippen molar-refractivity contribution in [1.82, 2.24) is 0 Å². The summed E-state index contributed by atoms with van der Waals surface area (Å²) in [6.45, 7) is 1.82. The molecule has 4 aromatic carbocycles. The van der Waals surface area contributed by atoms with Crippen molar-refractivity contribution in [3.05, 3.63) is 96.1 Å². The molecule has 4 aromatic rings. The van der Waals surface area contributed by atoms with Gasteiger partial charge in [0.2, 0.25) is 0 Å². The Bertz CT molecular complexity index is 1690. The molecule has 0 saturated heterocycles. The van der Waals surface area contributed by atoms with E-state index in [2.05, 4.69) is 25.8 Å². The molecule has 11 nitrogen and oxygen atoms in total. The first kappa shape index (κ1) is 27.1. The molecule has 0 radical (unpaired) electrons. The number of hydrogen-bond acceptors (Lipinski definition) is 9. The number of aryl methyl sites for hydroxylation is 1. The molecule has 0 heterocycles. The SMILES string of the molecule is COc1cc(N=Nc2cccc(S(=O)(=O)O)c2)ccc1NC(=O)c1ccc(N=Nc2ccc(O)cc2C)cc1. The summed E-state index contributed by atoms with van der Waals surface area (Å²) in [5.74, 6) is 0.116. The molecule has 39 heavy (non-hydrogen) atoms. The molecule has 0 aliphatic heterocycles. The van der Waals surface area contributed by atoms with Crippen molar-refractivity contribution < 1.29 is 27.6 Å². The Balaban J connectivity index is 1.44. The Morgan fingerprint density at radius 2 is 1.49 bits per heavy atom. The third-order valence-electron chi connectivity index (χ3n) is 5.41. The summed E-state index contributed by atoms with van der Waals surface area (Å²) in [6, 6.07) is 21.5. The molecule has 0 atom stereocenters. The first-order valence-electron chi connectivity index (χ1n) is 11.4. The number of rotatable bonds is 8. The van der Waals surface area contributed by atoms with Crippen LogP contribution in [0.4, 0.5) is 28.4 Å². The first-order valence-corrected chi connectivity index (χ1v) is 12.9. The van der Waals surface area contributed by atoms with Gasteiger partial charge < -0.3 is 15.2 Å². The molecule has 0 unspecified atom stereocenters. The summed E-state index contributed by atoms with van der Waals surface area (Å²) in [7, 11) is -2.92. The summed E-state index contributed by atoms with van der Waals surface area (Å²) in [4.78, 5) is 12.5. The normalized spacial score (nSPS) is 11.7. The van der Waals surface area contributed by atoms with E-state index >= 15 is 0 Å². The lowest BCUT2D eigenvalue weighted by Gasteiger charge is -2.11. The number of ether oxygens (including phenoxy) is 1. The van der Waals surface area contributed by atoms with Gasteiger partial charge in [-0.2, -0.15) is 28.9 Å². The van der Waals surface area contributed by atoms with Crippen LogP contribution in [-0.2, 0) is 10.1 Å². The molecule has 0 spiro atoms. The van der Waals surface area contributed by atoms with Gasteiger partial charge >= 0.3 is 0 Å². The highest BCUT2D eigenvalue weighted by Crippen LogP contribution is 2.31. The largest absolute Gasteiger partial charge is 0.508 e. The minimum absolute atomic E-state index is 0.154. The first-order chi connectivity index (χ1) is 18.6. The lowest BCUT2D eigenvalue weighted by atomic mass is 10.2. The van der Waals surface area contributed by atoms with Crippen LogP contribution >= 0.6 is 0 Å². The second-order valence-corrected chi connectivity index (χ2v) is 9.65. The number of amides is 1. The van der Waals surface area contributed by atoms with E-state index in [9.17, 15) is 22.9 Å². The fourth-order valence-corrected chi connectivity index (χ4v) is 3.92. The number of carbonyl (C=O) groups excluding carboxylic acids is 1. The van der Waals surface area contributed by atoms with Crippen molar-refractivity contribution in [3.63, 3.8) is 0 Å². The van der Waals surface area contributed by atoms with E-state index in [1.54, 1.807) is 54.6 Å². The zero-order valence-corrected chi connectivity index (χ0v) is 21.6. The van der Waals surface area contributed by atoms with Crippen molar-refractivity contribution in [2.24, 2.45) is 20.5 Å². The lowest BCUT2D eigenvalue weighted by Crippen LogP contribution is -2.12. The van der Waals surface area contributed by atoms with Crippen LogP contribution in [0.2, 0.25) is 0 Å². The van der Waals surface area contributed by atoms with Gasteiger partial charge in [0, 0.05) is 11.6 Å². The zero-order valence-electron chi connectivity index (χ0n) is 20.8. The number of hydrogen-bond donors (Lipinski definition) is 3. The maximum atomic E-state index is 12.8. The Hall–Kier alpha value is -4.94. The molecule has 0 bridgehead atoms. The smallest absolute Gasteiger partial charge is 0.294 e. The average molecular weight is 546 g/mol. The molecule has 4 rings (SSSR count). The highest BCUT2D eigenvalue weighted by molar-refractivity contribution is 7.85. The van der Waals surface area contributed by atoms with Gasteiger partial charge in [0.15, 0.2) is 0 Å². The van der Waals surface area contributed by atoms with Gasteiger partial charge in [-0.15, -0.1) is 0 Å². The van der Waals surface area contributed by atoms with Gasteiger partial charge in [-0.3, -0.25) is 9.35 Å². The summed E-state index contributed by atoms with van der Waals surface area (Å²) in [6.07, 6.45) is 0. The monoisotopic (exact) mass is 545 g/mol. The summed E-state index contributed by atoms with van der Waals surface area (Å²) in [5.41, 5.74) is 3.36. The Kier molecular flexibility index (Phi) is 8.08. The van der Waals surface area contributed by atoms with E-state index in [-0.39, 0.29) is 22.2 Å². The molecule has 0 fully saturated rings. The van der Waals surface area contributed by atoms with Crippen LogP contribution in [0.3, 0.4) is 0 Å². The zero-order chi connectivity index (χ0) is 28.0. The van der Waals surface area contributed by atoms with Crippen LogP contribution in [0, 0.1) is 6.92 Å². The predicted octanol–water partition coefficient (Wildman–Crippen LogP) is 7.04. The van der Waals surface area contributed by atoms with Gasteiger partial charge in [0.25, 0.3) is 16.0 Å². The van der Waals surface area contributed by atoms with E-state index in [4.69, 9.17) is 4.74 Å². The maximum Gasteiger partial charge on any atom is 0.294 e. The van der Waals surface area contributed by atoms with Crippen LogP contribution in [0.5, 0.6) is 11.5 Å². The third-order valence-corrected chi connectivity index (χ3v) is 6.26. The Labute approximate surface area is 224 Å². The van der Waals surface area contributed by atoms with E-state index in [0.717, 1.165) is 5.56 Å². The van der Waals surface area contributed by atoms with Gasteiger partial charge in [-0.05, 0) is 85.3 Å². The molecular weight excluding hydrogens is 522 g/mol. The standard InChI is InChI=1S/C27H23N5O6S/c1-17-14-22(33)11-13-24(17)32-29-19-8-6-18(7-9-19)27(34)28-25-12-10-21(16-26(25)38-2)31-30-20-4-3-5-23(15-20)39(35,36)37/h3-16,33H,1-2H3,(H,28,34)(H,35,36,37). The minimum atomic E-state index is -4.36. The number of carbonyl (C=O) groups is 1. The molecule has 0 aliphatic rings. The van der Waals surface area contributed by atoms with Gasteiger partial charge in [0.05, 0.1) is 40.4 Å². The van der Waals surface area contributed by atoms with Crippen molar-refractivity contribution in [2.75, 3.05) is 12.4 Å². The van der Waals surface area contributed by atoms with Crippen molar-refractivity contribution in [1.29, 1.82) is 0 Å². The quantitative estimate of drug-likeness (QED) is 0.159. The number of aromatic hydroxyl groups is 1. The van der Waals surface area contributed by atoms with E-state index < -0.39 is 10.1 Å². The molecular formula is C27H23N5O6S. The van der Waals surface area contributed by atoms with Crippen LogP contribution < -0.4 is 10.1 Å². The number of benzene rings is 4. The van der Waals surface area contributed by atoms with Crippen LogP contribution in [0.25, 0.3) is 0 Å². The number of phenolic OH excluding ortho intramolecular Hbond substituents is 1. The van der Waals surface area contributed by atoms with Crippen molar-refractivity contribution >= 4 is 44.5 Å². The van der Waals surface area contributed by atoms with Crippen LogP contribution in [0.1, 0.15) is 15.9 Å². The molecule has 1 amide bonds. The third kappa shape index (κ3) is 7.09. The topological polar surface area (TPSA) is 162 Å². The van der Waals surface area contributed by atoms with E-state index in [1.165, 1.54) is 37.4 Å². The number of azo groups is 2. The van der Waals surface area contributed by atoms with Crippen LogP contribution in [0.15, 0.2) is 110 Å². The van der Waals surface area contributed by atoms with E-state index in [1.807, 2.05) is 6.92 Å². The molecule has 0 aliphatic carbocycles. The second kappa shape index (κ2) is 11.6. The molecule has 0 aromatic heterocycles. The Morgan fingerprint density at radius 1 is 0.821 bits per heavy atom. The average Bonchev–Trinajstić information content (AvgIpc) is 2.92. The van der Waals surface area contributed by atoms with Gasteiger partial charge in [-0.25, -0.2) is 0 Å². The number of anilines is 1. The van der Waals surface area contributed by atoms with Gasteiger partial charge in [-0.1, -0.05) is 6.07 Å². The number of phenols is 1. The summed E-state index contributed by atoms with van der Waals surface area (Å²) in [5, 5.41) is 28.7. The number of methoxy groups -OCH3 is 1. The number of nitrogens with zero attached hydrogens (tertiary/aromatic N) is 4. The summed E-state index contributed by atoms with van der Waals surface area (Å²) < 4.78 is 37.2. The summed E-state index contributed by atoms with van der Waals surface area (Å²) >= 11 is 0. The Morgan fingerprint density at radius 3 is 2.15 bits per heavy atom. The molecule has 0 saturated carbocycles. The second-order valence-electron chi connectivity index (χ2n) is 8.23. The maximum absolute atomic E-state index is 12.8. The highest BCUT2D eigenvalue weighted by Gasteiger charge is 2.12. The van der Waals surface area contributed by atoms with E-state index in [0.29, 0.717) is 34.1 Å². The molecule has 12 heteroatoms. The minimum Gasteiger partial charge on any atom is -0.508 e. The van der Waals surface area contributed by atoms with Crippen molar-refractivity contribution in [2.45, 2.75) is 11.8 Å². The number of nitrogens with one attached hydrogen (secondary N) is 1. The van der Waals surface area contributed by atoms with Gasteiger partial charge in [0.1, 0.15) is 11.5 Å². The molecule has 198 valence electrons. The van der Waals surface area contributed by atoms with Crippen LogP contribution in [-0.4, -0.2) is 31.1 Å². The fourth-order valence-electron chi connectivity index (χ4n) is 3.40. The van der Waals surface area contributed by atoms with Crippen molar-refractivity contribution in [3.8, 4) is 11.5 Å². The highest BCUT2D eigenvalue weighted by atomic mass is 32.2. The molecule has 3 N–H and O–H groups in total. The lowest BCUT2D eigenvalue weighted by molar-refractivity contribution is 0.102. The fraction of sp³-hybridized carbons (Fsp3) is 0.0741. The predicted molar refractivity (Wildman–Crippen MR) is 145 cm³/mol.